The molecule has 116 valence electrons. The molecule has 1 amide bonds. The fourth-order valence-electron chi connectivity index (χ4n) is 1.99. The number of amides is 1. The molecule has 0 aromatic heterocycles. The van der Waals surface area contributed by atoms with Gasteiger partial charge in [0.1, 0.15) is 0 Å². The van der Waals surface area contributed by atoms with Crippen LogP contribution in [0.2, 0.25) is 0 Å². The van der Waals surface area contributed by atoms with Crippen LogP contribution in [0.1, 0.15) is 16.7 Å². The van der Waals surface area contributed by atoms with Crippen molar-refractivity contribution in [3.63, 3.8) is 0 Å². The summed E-state index contributed by atoms with van der Waals surface area (Å²) < 4.78 is 10.8. The fraction of sp³-hybridized carbons (Fsp3) is 0.278. The van der Waals surface area contributed by atoms with E-state index in [2.05, 4.69) is 5.32 Å². The lowest BCUT2D eigenvalue weighted by atomic mass is 10.1. The first-order valence-corrected chi connectivity index (χ1v) is 7.18. The molecular formula is C18H21NO3. The summed E-state index contributed by atoms with van der Waals surface area (Å²) in [6.07, 6.45) is 0. The molecule has 2 aromatic carbocycles. The number of ether oxygens (including phenoxy) is 2. The molecule has 0 aliphatic heterocycles. The minimum atomic E-state index is -0.164. The van der Waals surface area contributed by atoms with Crippen LogP contribution in [0.15, 0.2) is 42.5 Å². The first-order valence-electron chi connectivity index (χ1n) is 7.18. The van der Waals surface area contributed by atoms with E-state index in [0.29, 0.717) is 18.0 Å². The molecule has 2 aromatic rings. The van der Waals surface area contributed by atoms with Crippen LogP contribution in [0.4, 0.5) is 0 Å². The third kappa shape index (κ3) is 4.52. The van der Waals surface area contributed by atoms with Crippen molar-refractivity contribution in [1.82, 2.24) is 5.32 Å². The van der Waals surface area contributed by atoms with Crippen LogP contribution in [-0.4, -0.2) is 19.6 Å². The van der Waals surface area contributed by atoms with Gasteiger partial charge in [0.05, 0.1) is 7.11 Å². The van der Waals surface area contributed by atoms with Crippen LogP contribution in [0, 0.1) is 13.8 Å². The van der Waals surface area contributed by atoms with E-state index < -0.39 is 0 Å². The standard InChI is InChI=1S/C18H21NO3/c1-13-4-7-15(8-5-13)11-19-18(20)12-22-16-9-6-14(2)10-17(16)21-3/h4-10H,11-12H2,1-3H3,(H,19,20). The Morgan fingerprint density at radius 1 is 1.00 bits per heavy atom. The average molecular weight is 299 g/mol. The third-order valence-corrected chi connectivity index (χ3v) is 3.29. The Morgan fingerprint density at radius 3 is 2.36 bits per heavy atom. The maximum atomic E-state index is 11.8. The van der Waals surface area contributed by atoms with Crippen molar-refractivity contribution in [3.8, 4) is 11.5 Å². The van der Waals surface area contributed by atoms with Crippen LogP contribution in [0.5, 0.6) is 11.5 Å². The Balaban J connectivity index is 1.84. The zero-order valence-corrected chi connectivity index (χ0v) is 13.2. The van der Waals surface area contributed by atoms with Gasteiger partial charge in [-0.2, -0.15) is 0 Å². The summed E-state index contributed by atoms with van der Waals surface area (Å²) in [4.78, 5) is 11.8. The van der Waals surface area contributed by atoms with E-state index in [9.17, 15) is 4.79 Å². The van der Waals surface area contributed by atoms with Crippen LogP contribution in [-0.2, 0) is 11.3 Å². The van der Waals surface area contributed by atoms with E-state index in [1.165, 1.54) is 5.56 Å². The smallest absolute Gasteiger partial charge is 0.258 e. The van der Waals surface area contributed by atoms with Gasteiger partial charge in [-0.3, -0.25) is 4.79 Å². The molecule has 0 saturated carbocycles. The maximum Gasteiger partial charge on any atom is 0.258 e. The molecule has 1 N–H and O–H groups in total. The lowest BCUT2D eigenvalue weighted by Crippen LogP contribution is -2.28. The van der Waals surface area contributed by atoms with Crippen molar-refractivity contribution in [2.45, 2.75) is 20.4 Å². The second-order valence-corrected chi connectivity index (χ2v) is 5.21. The minimum Gasteiger partial charge on any atom is -0.493 e. The first kappa shape index (κ1) is 15.9. The van der Waals surface area contributed by atoms with Crippen molar-refractivity contribution >= 4 is 5.91 Å². The molecule has 0 bridgehead atoms. The predicted molar refractivity (Wildman–Crippen MR) is 86.3 cm³/mol. The van der Waals surface area contributed by atoms with E-state index in [-0.39, 0.29) is 12.5 Å². The number of aryl methyl sites for hydroxylation is 2. The molecular weight excluding hydrogens is 278 g/mol. The van der Waals surface area contributed by atoms with Gasteiger partial charge in [0.2, 0.25) is 0 Å². The van der Waals surface area contributed by atoms with Gasteiger partial charge < -0.3 is 14.8 Å². The van der Waals surface area contributed by atoms with Crippen LogP contribution < -0.4 is 14.8 Å². The van der Waals surface area contributed by atoms with Crippen molar-refractivity contribution in [2.24, 2.45) is 0 Å². The molecule has 0 aliphatic rings. The molecule has 0 spiro atoms. The van der Waals surface area contributed by atoms with Gasteiger partial charge in [0, 0.05) is 6.54 Å². The van der Waals surface area contributed by atoms with Gasteiger partial charge in [0.15, 0.2) is 18.1 Å². The van der Waals surface area contributed by atoms with Crippen LogP contribution in [0.25, 0.3) is 0 Å². The highest BCUT2D eigenvalue weighted by atomic mass is 16.5. The summed E-state index contributed by atoms with van der Waals surface area (Å²) in [5, 5.41) is 2.83. The molecule has 0 unspecified atom stereocenters. The normalized spacial score (nSPS) is 10.1. The third-order valence-electron chi connectivity index (χ3n) is 3.29. The Morgan fingerprint density at radius 2 is 1.68 bits per heavy atom. The summed E-state index contributed by atoms with van der Waals surface area (Å²) in [5.41, 5.74) is 3.34. The fourth-order valence-corrected chi connectivity index (χ4v) is 1.99. The summed E-state index contributed by atoms with van der Waals surface area (Å²) in [5.74, 6) is 1.04. The van der Waals surface area contributed by atoms with Gasteiger partial charge >= 0.3 is 0 Å². The Hall–Kier alpha value is -2.49. The molecule has 0 radical (unpaired) electrons. The summed E-state index contributed by atoms with van der Waals surface area (Å²) in [7, 11) is 1.58. The van der Waals surface area contributed by atoms with Crippen LogP contribution in [0.3, 0.4) is 0 Å². The van der Waals surface area contributed by atoms with E-state index in [4.69, 9.17) is 9.47 Å². The zero-order valence-electron chi connectivity index (χ0n) is 13.2. The number of hydrogen-bond acceptors (Lipinski definition) is 3. The topological polar surface area (TPSA) is 47.6 Å². The van der Waals surface area contributed by atoms with E-state index in [0.717, 1.165) is 11.1 Å². The number of nitrogens with one attached hydrogen (secondary N) is 1. The Kier molecular flexibility index (Phi) is 5.42. The van der Waals surface area contributed by atoms with Crippen molar-refractivity contribution in [2.75, 3.05) is 13.7 Å². The summed E-state index contributed by atoms with van der Waals surface area (Å²) in [6.45, 7) is 4.46. The molecule has 4 heteroatoms. The van der Waals surface area contributed by atoms with E-state index in [1.807, 2.05) is 50.2 Å². The monoisotopic (exact) mass is 299 g/mol. The minimum absolute atomic E-state index is 0.0364. The molecule has 0 fully saturated rings. The average Bonchev–Trinajstić information content (AvgIpc) is 2.53. The number of carbonyl (C=O) groups is 1. The van der Waals surface area contributed by atoms with Crippen molar-refractivity contribution in [3.05, 3.63) is 59.2 Å². The second kappa shape index (κ2) is 7.50. The SMILES string of the molecule is COc1cc(C)ccc1OCC(=O)NCc1ccc(C)cc1. The van der Waals surface area contributed by atoms with Gasteiger partial charge in [0.25, 0.3) is 5.91 Å². The second-order valence-electron chi connectivity index (χ2n) is 5.21. The highest BCUT2D eigenvalue weighted by Crippen LogP contribution is 2.27. The molecule has 2 rings (SSSR count). The quantitative estimate of drug-likeness (QED) is 0.892. The molecule has 0 atom stereocenters. The van der Waals surface area contributed by atoms with Crippen molar-refractivity contribution < 1.29 is 14.3 Å². The highest BCUT2D eigenvalue weighted by Gasteiger charge is 2.07. The predicted octanol–water partition coefficient (Wildman–Crippen LogP) is 3.01. The van der Waals surface area contributed by atoms with Crippen LogP contribution >= 0.6 is 0 Å². The van der Waals surface area contributed by atoms with Gasteiger partial charge in [-0.05, 0) is 37.1 Å². The molecule has 0 heterocycles. The van der Waals surface area contributed by atoms with Gasteiger partial charge in [-0.25, -0.2) is 0 Å². The van der Waals surface area contributed by atoms with E-state index >= 15 is 0 Å². The van der Waals surface area contributed by atoms with Gasteiger partial charge in [-0.15, -0.1) is 0 Å². The number of carbonyl (C=O) groups excluding carboxylic acids is 1. The highest BCUT2D eigenvalue weighted by molar-refractivity contribution is 5.77. The first-order chi connectivity index (χ1) is 10.6. The molecule has 0 aliphatic carbocycles. The summed E-state index contributed by atoms with van der Waals surface area (Å²) in [6, 6.07) is 13.6. The van der Waals surface area contributed by atoms with E-state index in [1.54, 1.807) is 13.2 Å². The Bertz CT molecular complexity index is 635. The number of benzene rings is 2. The number of methoxy groups -OCH3 is 1. The number of hydrogen-bond donors (Lipinski definition) is 1. The Labute approximate surface area is 131 Å². The molecule has 22 heavy (non-hydrogen) atoms. The zero-order chi connectivity index (χ0) is 15.9. The van der Waals surface area contributed by atoms with Crippen molar-refractivity contribution in [1.29, 1.82) is 0 Å². The maximum absolute atomic E-state index is 11.8. The lowest BCUT2D eigenvalue weighted by Gasteiger charge is -2.11. The van der Waals surface area contributed by atoms with Gasteiger partial charge in [-0.1, -0.05) is 35.9 Å². The molecule has 4 nitrogen and oxygen atoms in total. The molecule has 0 saturated heterocycles. The largest absolute Gasteiger partial charge is 0.493 e. The number of rotatable bonds is 6. The summed E-state index contributed by atoms with van der Waals surface area (Å²) >= 11 is 0. The lowest BCUT2D eigenvalue weighted by molar-refractivity contribution is -0.123.